The van der Waals surface area contributed by atoms with Crippen molar-refractivity contribution < 1.29 is 8.78 Å². The molecule has 2 rings (SSSR count). The van der Waals surface area contributed by atoms with Gasteiger partial charge in [-0.05, 0) is 18.6 Å². The number of nitrogens with zero attached hydrogens (tertiary/aromatic N) is 1. The standard InChI is InChI=1S/C12H11F2NS2/c1-2-9-10(6-16)17-12(15-9)11-7(13)4-3-5-8(11)14/h3-5,16H,2,6H2,1H3. The van der Waals surface area contributed by atoms with E-state index in [1.807, 2.05) is 6.92 Å². The van der Waals surface area contributed by atoms with Crippen molar-refractivity contribution in [2.75, 3.05) is 0 Å². The average Bonchev–Trinajstić information content (AvgIpc) is 2.72. The largest absolute Gasteiger partial charge is 0.241 e. The number of rotatable bonds is 3. The fraction of sp³-hybridized carbons (Fsp3) is 0.250. The van der Waals surface area contributed by atoms with Gasteiger partial charge in [-0.1, -0.05) is 13.0 Å². The first-order valence-electron chi connectivity index (χ1n) is 5.21. The van der Waals surface area contributed by atoms with Crippen LogP contribution in [0.2, 0.25) is 0 Å². The molecule has 0 aliphatic carbocycles. The van der Waals surface area contributed by atoms with E-state index in [-0.39, 0.29) is 5.56 Å². The van der Waals surface area contributed by atoms with Gasteiger partial charge in [0, 0.05) is 10.6 Å². The Morgan fingerprint density at radius 1 is 1.29 bits per heavy atom. The predicted octanol–water partition coefficient (Wildman–Crippen LogP) is 4.08. The second-order valence-corrected chi connectivity index (χ2v) is 4.90. The van der Waals surface area contributed by atoms with Crippen LogP contribution in [0.4, 0.5) is 8.78 Å². The van der Waals surface area contributed by atoms with Crippen molar-refractivity contribution >= 4 is 24.0 Å². The number of halogens is 2. The molecule has 0 N–H and O–H groups in total. The van der Waals surface area contributed by atoms with Crippen LogP contribution in [0.25, 0.3) is 10.6 Å². The summed E-state index contributed by atoms with van der Waals surface area (Å²) in [5, 5.41) is 0.390. The van der Waals surface area contributed by atoms with E-state index in [2.05, 4.69) is 17.6 Å². The van der Waals surface area contributed by atoms with Crippen molar-refractivity contribution in [1.29, 1.82) is 0 Å². The molecule has 0 aliphatic heterocycles. The van der Waals surface area contributed by atoms with E-state index < -0.39 is 11.6 Å². The lowest BCUT2D eigenvalue weighted by molar-refractivity contribution is 0.589. The smallest absolute Gasteiger partial charge is 0.136 e. The zero-order valence-electron chi connectivity index (χ0n) is 9.20. The highest BCUT2D eigenvalue weighted by Crippen LogP contribution is 2.32. The Kier molecular flexibility index (Phi) is 3.79. The van der Waals surface area contributed by atoms with E-state index in [4.69, 9.17) is 0 Å². The molecule has 0 saturated heterocycles. The van der Waals surface area contributed by atoms with Gasteiger partial charge in [-0.2, -0.15) is 12.6 Å². The van der Waals surface area contributed by atoms with Gasteiger partial charge in [0.05, 0.1) is 11.3 Å². The van der Waals surface area contributed by atoms with Crippen LogP contribution in [0.3, 0.4) is 0 Å². The van der Waals surface area contributed by atoms with Gasteiger partial charge in [-0.3, -0.25) is 0 Å². The Bertz CT molecular complexity index is 496. The lowest BCUT2D eigenvalue weighted by Crippen LogP contribution is -1.90. The number of benzene rings is 1. The van der Waals surface area contributed by atoms with E-state index >= 15 is 0 Å². The third-order valence-electron chi connectivity index (χ3n) is 2.43. The van der Waals surface area contributed by atoms with Gasteiger partial charge in [0.2, 0.25) is 0 Å². The lowest BCUT2D eigenvalue weighted by atomic mass is 10.2. The topological polar surface area (TPSA) is 12.9 Å². The molecule has 0 unspecified atom stereocenters. The van der Waals surface area contributed by atoms with E-state index in [1.54, 1.807) is 0 Å². The van der Waals surface area contributed by atoms with Crippen LogP contribution < -0.4 is 0 Å². The predicted molar refractivity (Wildman–Crippen MR) is 69.5 cm³/mol. The molecule has 0 radical (unpaired) electrons. The molecule has 2 aromatic rings. The highest BCUT2D eigenvalue weighted by atomic mass is 32.1. The maximum atomic E-state index is 13.6. The molecule has 17 heavy (non-hydrogen) atoms. The fourth-order valence-corrected chi connectivity index (χ4v) is 3.03. The molecule has 0 saturated carbocycles. The summed E-state index contributed by atoms with van der Waals surface area (Å²) in [6.07, 6.45) is 0.739. The minimum Gasteiger partial charge on any atom is -0.241 e. The summed E-state index contributed by atoms with van der Waals surface area (Å²) in [6.45, 7) is 1.96. The molecule has 0 atom stereocenters. The summed E-state index contributed by atoms with van der Waals surface area (Å²) in [5.41, 5.74) is 0.822. The molecule has 0 amide bonds. The van der Waals surface area contributed by atoms with Crippen LogP contribution in [0, 0.1) is 11.6 Å². The minimum absolute atomic E-state index is 0.0415. The zero-order chi connectivity index (χ0) is 12.4. The third kappa shape index (κ3) is 2.35. The van der Waals surface area contributed by atoms with Gasteiger partial charge in [-0.15, -0.1) is 11.3 Å². The molecular formula is C12H11F2NS2. The van der Waals surface area contributed by atoms with E-state index in [1.165, 1.54) is 29.5 Å². The molecular weight excluding hydrogens is 260 g/mol. The quantitative estimate of drug-likeness (QED) is 0.830. The maximum Gasteiger partial charge on any atom is 0.136 e. The van der Waals surface area contributed by atoms with Crippen molar-refractivity contribution in [3.63, 3.8) is 0 Å². The first-order valence-corrected chi connectivity index (χ1v) is 6.66. The van der Waals surface area contributed by atoms with E-state index in [0.29, 0.717) is 10.8 Å². The Labute approximate surface area is 108 Å². The number of hydrogen-bond donors (Lipinski definition) is 1. The monoisotopic (exact) mass is 271 g/mol. The van der Waals surface area contributed by atoms with Gasteiger partial charge < -0.3 is 0 Å². The second kappa shape index (κ2) is 5.14. The summed E-state index contributed by atoms with van der Waals surface area (Å²) in [6, 6.07) is 3.83. The summed E-state index contributed by atoms with van der Waals surface area (Å²) < 4.78 is 27.2. The van der Waals surface area contributed by atoms with Gasteiger partial charge in [0.15, 0.2) is 0 Å². The Hall–Kier alpha value is -0.940. The molecule has 1 aromatic carbocycles. The van der Waals surface area contributed by atoms with Gasteiger partial charge in [0.1, 0.15) is 16.6 Å². The summed E-state index contributed by atoms with van der Waals surface area (Å²) in [7, 11) is 0. The highest BCUT2D eigenvalue weighted by Gasteiger charge is 2.17. The number of thiol groups is 1. The fourth-order valence-electron chi connectivity index (χ4n) is 1.59. The van der Waals surface area contributed by atoms with Crippen LogP contribution in [0.1, 0.15) is 17.5 Å². The lowest BCUT2D eigenvalue weighted by Gasteiger charge is -1.99. The molecule has 5 heteroatoms. The van der Waals surface area contributed by atoms with Crippen molar-refractivity contribution in [1.82, 2.24) is 4.98 Å². The molecule has 1 nitrogen and oxygen atoms in total. The highest BCUT2D eigenvalue weighted by molar-refractivity contribution is 7.79. The van der Waals surface area contributed by atoms with E-state index in [0.717, 1.165) is 17.0 Å². The van der Waals surface area contributed by atoms with Gasteiger partial charge >= 0.3 is 0 Å². The van der Waals surface area contributed by atoms with Crippen LogP contribution >= 0.6 is 24.0 Å². The minimum atomic E-state index is -0.577. The Balaban J connectivity index is 2.57. The van der Waals surface area contributed by atoms with Crippen molar-refractivity contribution in [3.05, 3.63) is 40.4 Å². The van der Waals surface area contributed by atoms with Crippen molar-refractivity contribution in [2.24, 2.45) is 0 Å². The number of aromatic nitrogens is 1. The maximum absolute atomic E-state index is 13.6. The second-order valence-electron chi connectivity index (χ2n) is 3.50. The average molecular weight is 271 g/mol. The normalized spacial score (nSPS) is 10.8. The Morgan fingerprint density at radius 2 is 1.94 bits per heavy atom. The number of aryl methyl sites for hydroxylation is 1. The van der Waals surface area contributed by atoms with Gasteiger partial charge in [-0.25, -0.2) is 13.8 Å². The van der Waals surface area contributed by atoms with Crippen LogP contribution in [-0.2, 0) is 12.2 Å². The Morgan fingerprint density at radius 3 is 2.41 bits per heavy atom. The van der Waals surface area contributed by atoms with Crippen molar-refractivity contribution in [2.45, 2.75) is 19.1 Å². The first-order chi connectivity index (χ1) is 8.17. The molecule has 0 spiro atoms. The molecule has 0 fully saturated rings. The number of thiazole rings is 1. The van der Waals surface area contributed by atoms with Crippen molar-refractivity contribution in [3.8, 4) is 10.6 Å². The summed E-state index contributed by atoms with van der Waals surface area (Å²) in [4.78, 5) is 5.25. The molecule has 90 valence electrons. The SMILES string of the molecule is CCc1nc(-c2c(F)cccc2F)sc1CS. The molecule has 1 heterocycles. The summed E-state index contributed by atoms with van der Waals surface area (Å²) >= 11 is 5.49. The van der Waals surface area contributed by atoms with Gasteiger partial charge in [0.25, 0.3) is 0 Å². The molecule has 0 aliphatic rings. The first kappa shape index (κ1) is 12.5. The third-order valence-corrected chi connectivity index (χ3v) is 4.08. The van der Waals surface area contributed by atoms with E-state index in [9.17, 15) is 8.78 Å². The zero-order valence-corrected chi connectivity index (χ0v) is 10.9. The number of hydrogen-bond acceptors (Lipinski definition) is 3. The van der Waals surface area contributed by atoms with Crippen LogP contribution in [0.5, 0.6) is 0 Å². The molecule has 1 aromatic heterocycles. The van der Waals surface area contributed by atoms with Crippen LogP contribution in [-0.4, -0.2) is 4.98 Å². The van der Waals surface area contributed by atoms with Crippen LogP contribution in [0.15, 0.2) is 18.2 Å². The molecule has 0 bridgehead atoms. The summed E-state index contributed by atoms with van der Waals surface area (Å²) in [5.74, 6) is -0.615.